The fourth-order valence-corrected chi connectivity index (χ4v) is 9.64. The van der Waals surface area contributed by atoms with Crippen LogP contribution in [0.5, 0.6) is 0 Å². The van der Waals surface area contributed by atoms with Crippen molar-refractivity contribution < 1.29 is 8.83 Å². The molecule has 0 saturated carbocycles. The molecule has 1 aliphatic carbocycles. The number of anilines is 3. The molecule has 2 aromatic heterocycles. The Hall–Kier alpha value is -7.36. The number of fused-ring (bicyclic) bond motifs is 10. The summed E-state index contributed by atoms with van der Waals surface area (Å²) in [6, 6.07) is 67.6. The van der Waals surface area contributed by atoms with Gasteiger partial charge in [-0.3, -0.25) is 0 Å². The Labute approximate surface area is 336 Å². The maximum Gasteiger partial charge on any atom is 0.144 e. The highest BCUT2D eigenvalue weighted by Gasteiger charge is 2.36. The minimum atomic E-state index is -0.134. The number of para-hydroxylation sites is 1. The van der Waals surface area contributed by atoms with Crippen LogP contribution in [0.4, 0.5) is 17.1 Å². The number of benzene rings is 9. The van der Waals surface area contributed by atoms with Crippen molar-refractivity contribution in [2.45, 2.75) is 19.3 Å². The molecule has 0 atom stereocenters. The Bertz CT molecular complexity index is 3420. The third-order valence-electron chi connectivity index (χ3n) is 12.5. The largest absolute Gasteiger partial charge is 0.456 e. The Kier molecular flexibility index (Phi) is 6.98. The Morgan fingerprint density at radius 1 is 0.414 bits per heavy atom. The normalized spacial score (nSPS) is 13.1. The van der Waals surface area contributed by atoms with Crippen LogP contribution < -0.4 is 4.90 Å². The summed E-state index contributed by atoms with van der Waals surface area (Å²) in [5, 5.41) is 6.59. The lowest BCUT2D eigenvalue weighted by atomic mass is 9.82. The van der Waals surface area contributed by atoms with Crippen molar-refractivity contribution in [3.05, 3.63) is 199 Å². The van der Waals surface area contributed by atoms with Crippen LogP contribution in [0.15, 0.2) is 197 Å². The van der Waals surface area contributed by atoms with Crippen LogP contribution in [0.2, 0.25) is 0 Å². The average Bonchev–Trinajstić information content (AvgIpc) is 3.90. The van der Waals surface area contributed by atoms with E-state index in [1.807, 2.05) is 12.1 Å². The van der Waals surface area contributed by atoms with E-state index in [9.17, 15) is 0 Å². The van der Waals surface area contributed by atoms with E-state index in [4.69, 9.17) is 8.83 Å². The first-order valence-electron chi connectivity index (χ1n) is 20.0. The third-order valence-corrected chi connectivity index (χ3v) is 12.5. The molecule has 0 aliphatic heterocycles. The van der Waals surface area contributed by atoms with E-state index in [1.165, 1.54) is 44.2 Å². The lowest BCUT2D eigenvalue weighted by Gasteiger charge is -2.29. The fourth-order valence-electron chi connectivity index (χ4n) is 9.64. The van der Waals surface area contributed by atoms with Crippen molar-refractivity contribution in [1.82, 2.24) is 0 Å². The van der Waals surface area contributed by atoms with Gasteiger partial charge in [-0.1, -0.05) is 153 Å². The zero-order valence-electron chi connectivity index (χ0n) is 32.2. The summed E-state index contributed by atoms with van der Waals surface area (Å²) in [5.74, 6) is 0. The van der Waals surface area contributed by atoms with Crippen LogP contribution in [0, 0.1) is 0 Å². The molecule has 0 amide bonds. The topological polar surface area (TPSA) is 29.5 Å². The maximum atomic E-state index is 6.96. The van der Waals surface area contributed by atoms with Gasteiger partial charge in [-0.05, 0) is 92.9 Å². The van der Waals surface area contributed by atoms with Crippen molar-refractivity contribution in [3.63, 3.8) is 0 Å². The molecular weight excluding hydrogens is 707 g/mol. The molecule has 0 spiro atoms. The maximum absolute atomic E-state index is 6.96. The summed E-state index contributed by atoms with van der Waals surface area (Å²) in [4.78, 5) is 2.42. The molecule has 3 nitrogen and oxygen atoms in total. The van der Waals surface area contributed by atoms with Crippen molar-refractivity contribution in [2.24, 2.45) is 0 Å². The fraction of sp³-hybridized carbons (Fsp3) is 0.0545. The lowest BCUT2D eigenvalue weighted by molar-refractivity contribution is 0.660. The number of hydrogen-bond donors (Lipinski definition) is 0. The molecule has 0 bridgehead atoms. The predicted molar refractivity (Wildman–Crippen MR) is 242 cm³/mol. The van der Waals surface area contributed by atoms with Gasteiger partial charge >= 0.3 is 0 Å². The van der Waals surface area contributed by atoms with Crippen LogP contribution in [-0.2, 0) is 5.41 Å². The lowest BCUT2D eigenvalue weighted by Crippen LogP contribution is -2.16. The highest BCUT2D eigenvalue weighted by molar-refractivity contribution is 6.24. The molecule has 3 heteroatoms. The third kappa shape index (κ3) is 4.80. The summed E-state index contributed by atoms with van der Waals surface area (Å²) >= 11 is 0. The van der Waals surface area contributed by atoms with E-state index in [-0.39, 0.29) is 5.41 Å². The second-order valence-electron chi connectivity index (χ2n) is 16.1. The molecule has 1 aliphatic rings. The van der Waals surface area contributed by atoms with Crippen molar-refractivity contribution in [2.75, 3.05) is 4.90 Å². The van der Waals surface area contributed by atoms with E-state index in [0.717, 1.165) is 72.1 Å². The van der Waals surface area contributed by atoms with Crippen molar-refractivity contribution in [3.8, 4) is 33.4 Å². The van der Waals surface area contributed by atoms with Crippen LogP contribution in [0.3, 0.4) is 0 Å². The molecule has 0 N–H and O–H groups in total. The number of hydrogen-bond acceptors (Lipinski definition) is 3. The zero-order chi connectivity index (χ0) is 38.5. The van der Waals surface area contributed by atoms with Gasteiger partial charge in [0.1, 0.15) is 22.3 Å². The molecular formula is C55H37NO2. The van der Waals surface area contributed by atoms with E-state index in [1.54, 1.807) is 0 Å². The zero-order valence-corrected chi connectivity index (χ0v) is 32.2. The molecule has 2 heterocycles. The van der Waals surface area contributed by atoms with Crippen LogP contribution in [0.25, 0.3) is 88.0 Å². The first-order valence-corrected chi connectivity index (χ1v) is 20.0. The van der Waals surface area contributed by atoms with Crippen LogP contribution >= 0.6 is 0 Å². The summed E-state index contributed by atoms with van der Waals surface area (Å²) in [7, 11) is 0. The summed E-state index contributed by atoms with van der Waals surface area (Å²) in [6.07, 6.45) is 0. The van der Waals surface area contributed by atoms with E-state index < -0.39 is 0 Å². The number of furan rings is 2. The molecule has 0 fully saturated rings. The van der Waals surface area contributed by atoms with Gasteiger partial charge in [0.2, 0.25) is 0 Å². The van der Waals surface area contributed by atoms with Gasteiger partial charge < -0.3 is 13.7 Å². The average molecular weight is 744 g/mol. The van der Waals surface area contributed by atoms with Gasteiger partial charge in [0.15, 0.2) is 0 Å². The van der Waals surface area contributed by atoms with Crippen LogP contribution in [-0.4, -0.2) is 0 Å². The van der Waals surface area contributed by atoms with Crippen LogP contribution in [0.1, 0.15) is 25.0 Å². The monoisotopic (exact) mass is 743 g/mol. The molecule has 0 unspecified atom stereocenters. The minimum absolute atomic E-state index is 0.134. The first-order chi connectivity index (χ1) is 28.5. The second kappa shape index (κ2) is 12.3. The SMILES string of the molecule is CC1(C)c2ccccc2-c2ccc(N(c3ccc4oc5c(-c6ccc(-c7ccccc7)cc6)c6c(cc5c4c3)oc3ccccc36)c3cccc4ccccc34)cc21. The van der Waals surface area contributed by atoms with Gasteiger partial charge in [0, 0.05) is 49.3 Å². The molecule has 9 aromatic carbocycles. The quantitative estimate of drug-likeness (QED) is 0.176. The summed E-state index contributed by atoms with van der Waals surface area (Å²) in [5.41, 5.74) is 16.4. The van der Waals surface area contributed by atoms with E-state index in [0.29, 0.717) is 0 Å². The molecule has 0 radical (unpaired) electrons. The van der Waals surface area contributed by atoms with E-state index in [2.05, 4.69) is 195 Å². The van der Waals surface area contributed by atoms with Gasteiger partial charge in [-0.15, -0.1) is 0 Å². The Morgan fingerprint density at radius 3 is 1.95 bits per heavy atom. The molecule has 274 valence electrons. The van der Waals surface area contributed by atoms with E-state index >= 15 is 0 Å². The highest BCUT2D eigenvalue weighted by atomic mass is 16.3. The van der Waals surface area contributed by atoms with Gasteiger partial charge in [-0.25, -0.2) is 0 Å². The highest BCUT2D eigenvalue weighted by Crippen LogP contribution is 2.52. The van der Waals surface area contributed by atoms with Gasteiger partial charge in [-0.2, -0.15) is 0 Å². The Balaban J connectivity index is 1.10. The minimum Gasteiger partial charge on any atom is -0.456 e. The predicted octanol–water partition coefficient (Wildman–Crippen LogP) is 15.7. The van der Waals surface area contributed by atoms with Crippen molar-refractivity contribution in [1.29, 1.82) is 0 Å². The first kappa shape index (κ1) is 32.8. The van der Waals surface area contributed by atoms with Gasteiger partial charge in [0.05, 0.1) is 5.69 Å². The molecule has 0 saturated heterocycles. The Morgan fingerprint density at radius 2 is 1.07 bits per heavy atom. The second-order valence-corrected chi connectivity index (χ2v) is 16.1. The summed E-state index contributed by atoms with van der Waals surface area (Å²) < 4.78 is 13.6. The summed E-state index contributed by atoms with van der Waals surface area (Å²) in [6.45, 7) is 4.69. The smallest absolute Gasteiger partial charge is 0.144 e. The molecule has 12 rings (SSSR count). The van der Waals surface area contributed by atoms with Crippen molar-refractivity contribution >= 4 is 71.7 Å². The number of nitrogens with zero attached hydrogens (tertiary/aromatic N) is 1. The van der Waals surface area contributed by atoms with Gasteiger partial charge in [0.25, 0.3) is 0 Å². The molecule has 58 heavy (non-hydrogen) atoms. The standard InChI is InChI=1S/C55H37NO2/c1-55(2)46-20-10-8-18-41(46)42-29-27-39(32-47(42)55)56(48-21-12-16-36-15-6-7-17-40(36)48)38-28-30-50-44(31-38)45-33-51-53(43-19-9-11-22-49(43)57-51)52(54(45)58-50)37-25-23-35(24-26-37)34-13-4-3-5-14-34/h3-33H,1-2H3. The number of rotatable bonds is 5. The molecule has 11 aromatic rings.